The van der Waals surface area contributed by atoms with Crippen LogP contribution in [0.2, 0.25) is 10.3 Å². The molecule has 0 bridgehead atoms. The van der Waals surface area contributed by atoms with Crippen molar-refractivity contribution in [3.63, 3.8) is 0 Å². The van der Waals surface area contributed by atoms with Gasteiger partial charge < -0.3 is 4.74 Å². The molecule has 0 spiro atoms. The summed E-state index contributed by atoms with van der Waals surface area (Å²) >= 11 is 14.0. The molecule has 1 unspecified atom stereocenters. The van der Waals surface area contributed by atoms with E-state index in [4.69, 9.17) is 27.9 Å². The Morgan fingerprint density at radius 1 is 1.25 bits per heavy atom. The molecule has 0 fully saturated rings. The Morgan fingerprint density at radius 2 is 1.95 bits per heavy atom. The Hall–Kier alpha value is -0.970. The molecule has 6 heteroatoms. The van der Waals surface area contributed by atoms with Crippen LogP contribution in [0.4, 0.5) is 0 Å². The highest BCUT2D eigenvalue weighted by atomic mass is 35.5. The van der Waals surface area contributed by atoms with Crippen LogP contribution in [0.3, 0.4) is 0 Å². The van der Waals surface area contributed by atoms with E-state index >= 15 is 0 Å². The third-order valence-corrected chi connectivity index (χ3v) is 4.82. The first-order valence-corrected chi connectivity index (χ1v) is 8.03. The minimum absolute atomic E-state index is 0.226. The maximum absolute atomic E-state index is 6.16. The summed E-state index contributed by atoms with van der Waals surface area (Å²) in [4.78, 5) is 9.80. The van der Waals surface area contributed by atoms with Gasteiger partial charge in [-0.3, -0.25) is 0 Å². The molecular formula is C14H12Cl2N2OS. The van der Waals surface area contributed by atoms with Crippen LogP contribution in [0.1, 0.15) is 24.4 Å². The second-order valence-electron chi connectivity index (χ2n) is 4.36. The molecule has 0 saturated carbocycles. The molecule has 1 atom stereocenters. The monoisotopic (exact) mass is 326 g/mol. The van der Waals surface area contributed by atoms with Crippen LogP contribution in [0.5, 0.6) is 5.75 Å². The molecule has 1 aromatic carbocycles. The third kappa shape index (κ3) is 2.60. The zero-order chi connectivity index (χ0) is 14.1. The molecule has 0 radical (unpaired) electrons. The van der Waals surface area contributed by atoms with Gasteiger partial charge in [-0.1, -0.05) is 42.3 Å². The first-order chi connectivity index (χ1) is 9.69. The van der Waals surface area contributed by atoms with Crippen LogP contribution in [0.15, 0.2) is 29.2 Å². The minimum atomic E-state index is -0.226. The van der Waals surface area contributed by atoms with E-state index in [1.807, 2.05) is 31.2 Å². The molecule has 3 rings (SSSR count). The SMILES string of the molecule is CCc1c(Cl)nc(C2CSc3ccccc3O2)nc1Cl. The fourth-order valence-corrected chi connectivity index (χ4v) is 3.68. The smallest absolute Gasteiger partial charge is 0.173 e. The van der Waals surface area contributed by atoms with Crippen LogP contribution in [0.25, 0.3) is 0 Å². The molecule has 2 aromatic rings. The Kier molecular flexibility index (Phi) is 4.06. The second-order valence-corrected chi connectivity index (χ2v) is 6.14. The van der Waals surface area contributed by atoms with Gasteiger partial charge in [0.25, 0.3) is 0 Å². The lowest BCUT2D eigenvalue weighted by Gasteiger charge is -2.24. The number of ether oxygens (including phenoxy) is 1. The zero-order valence-electron chi connectivity index (χ0n) is 10.8. The van der Waals surface area contributed by atoms with Gasteiger partial charge in [-0.15, -0.1) is 11.8 Å². The maximum atomic E-state index is 6.16. The normalized spacial score (nSPS) is 17.4. The summed E-state index contributed by atoms with van der Waals surface area (Å²) in [6.07, 6.45) is 0.483. The number of aromatic nitrogens is 2. The third-order valence-electron chi connectivity index (χ3n) is 3.07. The van der Waals surface area contributed by atoms with E-state index in [9.17, 15) is 0 Å². The number of fused-ring (bicyclic) bond motifs is 1. The summed E-state index contributed by atoms with van der Waals surface area (Å²) in [5.74, 6) is 2.14. The summed E-state index contributed by atoms with van der Waals surface area (Å²) in [6, 6.07) is 7.92. The van der Waals surface area contributed by atoms with Gasteiger partial charge in [0.2, 0.25) is 0 Å². The van der Waals surface area contributed by atoms with E-state index in [0.29, 0.717) is 22.6 Å². The first kappa shape index (κ1) is 14.0. The second kappa shape index (κ2) is 5.80. The number of rotatable bonds is 2. The van der Waals surface area contributed by atoms with Crippen LogP contribution in [-0.4, -0.2) is 15.7 Å². The van der Waals surface area contributed by atoms with Crippen molar-refractivity contribution < 1.29 is 4.74 Å². The number of hydrogen-bond acceptors (Lipinski definition) is 4. The van der Waals surface area contributed by atoms with E-state index in [2.05, 4.69) is 9.97 Å². The number of benzene rings is 1. The van der Waals surface area contributed by atoms with E-state index in [-0.39, 0.29) is 6.10 Å². The van der Waals surface area contributed by atoms with Gasteiger partial charge in [-0.25, -0.2) is 9.97 Å². The summed E-state index contributed by atoms with van der Waals surface area (Å²) in [5.41, 5.74) is 0.779. The Bertz CT molecular complexity index is 628. The van der Waals surface area contributed by atoms with Gasteiger partial charge in [0.1, 0.15) is 16.1 Å². The molecule has 20 heavy (non-hydrogen) atoms. The number of nitrogens with zero attached hydrogens (tertiary/aromatic N) is 2. The first-order valence-electron chi connectivity index (χ1n) is 6.29. The average molecular weight is 327 g/mol. The molecule has 0 saturated heterocycles. The standard InChI is InChI=1S/C14H12Cl2N2OS/c1-2-8-12(15)17-14(18-13(8)16)10-7-20-11-6-4-3-5-9(11)19-10/h3-6,10H,2,7H2,1H3. The van der Waals surface area contributed by atoms with Crippen molar-refractivity contribution in [2.24, 2.45) is 0 Å². The molecule has 1 aromatic heterocycles. The molecule has 1 aliphatic heterocycles. The van der Waals surface area contributed by atoms with E-state index in [0.717, 1.165) is 22.0 Å². The fourth-order valence-electron chi connectivity index (χ4n) is 2.03. The maximum Gasteiger partial charge on any atom is 0.173 e. The highest BCUT2D eigenvalue weighted by molar-refractivity contribution is 7.99. The number of hydrogen-bond donors (Lipinski definition) is 0. The molecule has 0 amide bonds. The fraction of sp³-hybridized carbons (Fsp3) is 0.286. The quantitative estimate of drug-likeness (QED) is 0.757. The van der Waals surface area contributed by atoms with Crippen molar-refractivity contribution in [3.05, 3.63) is 46.0 Å². The van der Waals surface area contributed by atoms with Gasteiger partial charge in [-0.2, -0.15) is 0 Å². The van der Waals surface area contributed by atoms with Crippen LogP contribution >= 0.6 is 35.0 Å². The lowest BCUT2D eigenvalue weighted by Crippen LogP contribution is -2.18. The van der Waals surface area contributed by atoms with Crippen LogP contribution in [0, 0.1) is 0 Å². The lowest BCUT2D eigenvalue weighted by atomic mass is 10.2. The van der Waals surface area contributed by atoms with Crippen molar-refractivity contribution in [3.8, 4) is 5.75 Å². The summed E-state index contributed by atoms with van der Waals surface area (Å²) in [7, 11) is 0. The summed E-state index contributed by atoms with van der Waals surface area (Å²) in [5, 5.41) is 0.824. The molecular weight excluding hydrogens is 315 g/mol. The van der Waals surface area contributed by atoms with Crippen LogP contribution in [-0.2, 0) is 6.42 Å². The Morgan fingerprint density at radius 3 is 2.65 bits per heavy atom. The van der Waals surface area contributed by atoms with E-state index in [1.165, 1.54) is 0 Å². The van der Waals surface area contributed by atoms with Crippen molar-refractivity contribution in [2.75, 3.05) is 5.75 Å². The van der Waals surface area contributed by atoms with Gasteiger partial charge >= 0.3 is 0 Å². The number of para-hydroxylation sites is 1. The molecule has 1 aliphatic rings. The molecule has 0 aliphatic carbocycles. The topological polar surface area (TPSA) is 35.0 Å². The molecule has 2 heterocycles. The van der Waals surface area contributed by atoms with Crippen molar-refractivity contribution in [2.45, 2.75) is 24.3 Å². The van der Waals surface area contributed by atoms with Gasteiger partial charge in [-0.05, 0) is 18.6 Å². The van der Waals surface area contributed by atoms with E-state index < -0.39 is 0 Å². The number of halogens is 2. The average Bonchev–Trinajstić information content (AvgIpc) is 2.46. The largest absolute Gasteiger partial charge is 0.480 e. The minimum Gasteiger partial charge on any atom is -0.480 e. The van der Waals surface area contributed by atoms with Crippen molar-refractivity contribution in [1.29, 1.82) is 0 Å². The van der Waals surface area contributed by atoms with Crippen LogP contribution < -0.4 is 4.74 Å². The highest BCUT2D eigenvalue weighted by Crippen LogP contribution is 2.39. The lowest BCUT2D eigenvalue weighted by molar-refractivity contribution is 0.210. The van der Waals surface area contributed by atoms with Crippen molar-refractivity contribution >= 4 is 35.0 Å². The molecule has 0 N–H and O–H groups in total. The molecule has 3 nitrogen and oxygen atoms in total. The predicted octanol–water partition coefficient (Wildman–Crippen LogP) is 4.57. The van der Waals surface area contributed by atoms with Gasteiger partial charge in [0, 0.05) is 16.2 Å². The Labute approximate surface area is 131 Å². The number of thioether (sulfide) groups is 1. The van der Waals surface area contributed by atoms with E-state index in [1.54, 1.807) is 11.8 Å². The molecule has 104 valence electrons. The van der Waals surface area contributed by atoms with Gasteiger partial charge in [0.05, 0.1) is 0 Å². The highest BCUT2D eigenvalue weighted by Gasteiger charge is 2.25. The summed E-state index contributed by atoms with van der Waals surface area (Å²) in [6.45, 7) is 1.97. The predicted molar refractivity (Wildman–Crippen MR) is 82.0 cm³/mol. The zero-order valence-corrected chi connectivity index (χ0v) is 13.1. The van der Waals surface area contributed by atoms with Crippen molar-refractivity contribution in [1.82, 2.24) is 9.97 Å². The van der Waals surface area contributed by atoms with Gasteiger partial charge in [0.15, 0.2) is 11.9 Å². The Balaban J connectivity index is 1.92. The summed E-state index contributed by atoms with van der Waals surface area (Å²) < 4.78 is 5.94.